The van der Waals surface area contributed by atoms with Crippen molar-refractivity contribution in [2.45, 2.75) is 12.5 Å². The van der Waals surface area contributed by atoms with Gasteiger partial charge in [-0.3, -0.25) is 4.98 Å². The molecule has 0 fully saturated rings. The summed E-state index contributed by atoms with van der Waals surface area (Å²) >= 11 is 0. The van der Waals surface area contributed by atoms with E-state index in [0.717, 1.165) is 21.9 Å². The van der Waals surface area contributed by atoms with Crippen molar-refractivity contribution in [1.82, 2.24) is 4.98 Å². The number of hydrogen-bond acceptors (Lipinski definition) is 3. The standard InChI is InChI=1S/C17H16N2O/c18-16-8-9-19-11-13(16)10-17(20)15-7-3-5-12-4-1-2-6-14(12)15/h1-9,11,17,20H,10H2,(H2,18,19). The summed E-state index contributed by atoms with van der Waals surface area (Å²) in [6, 6.07) is 15.8. The van der Waals surface area contributed by atoms with Crippen molar-refractivity contribution < 1.29 is 5.11 Å². The third-order valence-electron chi connectivity index (χ3n) is 3.54. The highest BCUT2D eigenvalue weighted by molar-refractivity contribution is 5.86. The summed E-state index contributed by atoms with van der Waals surface area (Å²) in [6.45, 7) is 0. The molecule has 3 nitrogen and oxygen atoms in total. The maximum Gasteiger partial charge on any atom is 0.0837 e. The highest BCUT2D eigenvalue weighted by Gasteiger charge is 2.13. The molecule has 3 heteroatoms. The first-order valence-electron chi connectivity index (χ1n) is 6.60. The van der Waals surface area contributed by atoms with Gasteiger partial charge in [-0.2, -0.15) is 0 Å². The maximum atomic E-state index is 10.5. The van der Waals surface area contributed by atoms with E-state index in [2.05, 4.69) is 4.98 Å². The zero-order valence-corrected chi connectivity index (χ0v) is 11.0. The molecule has 0 aliphatic carbocycles. The van der Waals surface area contributed by atoms with Crippen LogP contribution in [-0.4, -0.2) is 10.1 Å². The predicted octanol–water partition coefficient (Wildman–Crippen LogP) is 3.09. The molecule has 0 aliphatic heterocycles. The lowest BCUT2D eigenvalue weighted by Gasteiger charge is -2.14. The molecule has 1 heterocycles. The van der Waals surface area contributed by atoms with Crippen LogP contribution in [0.4, 0.5) is 5.69 Å². The lowest BCUT2D eigenvalue weighted by molar-refractivity contribution is 0.180. The minimum Gasteiger partial charge on any atom is -0.398 e. The summed E-state index contributed by atoms with van der Waals surface area (Å²) < 4.78 is 0. The van der Waals surface area contributed by atoms with Crippen molar-refractivity contribution in [2.24, 2.45) is 0 Å². The summed E-state index contributed by atoms with van der Waals surface area (Å²) in [4.78, 5) is 4.06. The van der Waals surface area contributed by atoms with Crippen LogP contribution in [0.2, 0.25) is 0 Å². The van der Waals surface area contributed by atoms with E-state index in [9.17, 15) is 5.11 Å². The summed E-state index contributed by atoms with van der Waals surface area (Å²) in [6.07, 6.45) is 3.24. The summed E-state index contributed by atoms with van der Waals surface area (Å²) in [5.74, 6) is 0. The van der Waals surface area contributed by atoms with Crippen LogP contribution in [0.15, 0.2) is 60.9 Å². The zero-order valence-electron chi connectivity index (χ0n) is 11.0. The second kappa shape index (κ2) is 5.31. The number of nitrogen functional groups attached to an aromatic ring is 1. The van der Waals surface area contributed by atoms with Gasteiger partial charge in [-0.25, -0.2) is 0 Å². The molecule has 1 atom stereocenters. The fraction of sp³-hybridized carbons (Fsp3) is 0.118. The second-order valence-electron chi connectivity index (χ2n) is 4.86. The van der Waals surface area contributed by atoms with E-state index in [-0.39, 0.29) is 0 Å². The number of pyridine rings is 1. The highest BCUT2D eigenvalue weighted by Crippen LogP contribution is 2.27. The number of fused-ring (bicyclic) bond motifs is 1. The van der Waals surface area contributed by atoms with Gasteiger partial charge in [0.2, 0.25) is 0 Å². The van der Waals surface area contributed by atoms with E-state index in [4.69, 9.17) is 5.73 Å². The maximum absolute atomic E-state index is 10.5. The van der Waals surface area contributed by atoms with Gasteiger partial charge >= 0.3 is 0 Å². The molecule has 0 bridgehead atoms. The van der Waals surface area contributed by atoms with Gasteiger partial charge in [0.1, 0.15) is 0 Å². The third-order valence-corrected chi connectivity index (χ3v) is 3.54. The van der Waals surface area contributed by atoms with Gasteiger partial charge in [0.15, 0.2) is 0 Å². The van der Waals surface area contributed by atoms with E-state index in [0.29, 0.717) is 12.1 Å². The minimum absolute atomic E-state index is 0.466. The molecule has 3 aromatic rings. The Bertz CT molecular complexity index is 734. The molecule has 100 valence electrons. The molecule has 3 N–H and O–H groups in total. The Hall–Kier alpha value is -2.39. The van der Waals surface area contributed by atoms with Crippen LogP contribution >= 0.6 is 0 Å². The van der Waals surface area contributed by atoms with Crippen LogP contribution in [0, 0.1) is 0 Å². The van der Waals surface area contributed by atoms with Crippen molar-refractivity contribution in [3.05, 3.63) is 72.1 Å². The van der Waals surface area contributed by atoms with Crippen molar-refractivity contribution in [1.29, 1.82) is 0 Å². The molecule has 0 aliphatic rings. The van der Waals surface area contributed by atoms with Crippen LogP contribution in [0.5, 0.6) is 0 Å². The molecule has 3 rings (SSSR count). The first kappa shape index (κ1) is 12.6. The minimum atomic E-state index is -0.590. The first-order valence-corrected chi connectivity index (χ1v) is 6.60. The van der Waals surface area contributed by atoms with Gasteiger partial charge in [-0.1, -0.05) is 42.5 Å². The Kier molecular flexibility index (Phi) is 3.35. The SMILES string of the molecule is Nc1ccncc1CC(O)c1cccc2ccccc12. The number of nitrogens with zero attached hydrogens (tertiary/aromatic N) is 1. The lowest BCUT2D eigenvalue weighted by atomic mass is 9.96. The average Bonchev–Trinajstić information content (AvgIpc) is 2.49. The molecule has 0 saturated carbocycles. The first-order chi connectivity index (χ1) is 9.75. The van der Waals surface area contributed by atoms with Gasteiger partial charge in [0.05, 0.1) is 6.10 Å². The Balaban J connectivity index is 1.97. The van der Waals surface area contributed by atoms with Crippen LogP contribution in [0.1, 0.15) is 17.2 Å². The van der Waals surface area contributed by atoms with Crippen LogP contribution < -0.4 is 5.73 Å². The van der Waals surface area contributed by atoms with E-state index in [1.165, 1.54) is 0 Å². The van der Waals surface area contributed by atoms with Crippen molar-refractivity contribution in [3.8, 4) is 0 Å². The number of aromatic nitrogens is 1. The Morgan fingerprint density at radius 2 is 1.85 bits per heavy atom. The fourth-order valence-corrected chi connectivity index (χ4v) is 2.47. The molecule has 0 spiro atoms. The molecule has 0 saturated heterocycles. The highest BCUT2D eigenvalue weighted by atomic mass is 16.3. The summed E-state index contributed by atoms with van der Waals surface area (Å²) in [5.41, 5.74) is 8.37. The lowest BCUT2D eigenvalue weighted by Crippen LogP contribution is -2.05. The Morgan fingerprint density at radius 3 is 2.70 bits per heavy atom. The smallest absolute Gasteiger partial charge is 0.0837 e. The predicted molar refractivity (Wildman–Crippen MR) is 81.3 cm³/mol. The number of anilines is 1. The quantitative estimate of drug-likeness (QED) is 0.764. The topological polar surface area (TPSA) is 59.1 Å². The second-order valence-corrected chi connectivity index (χ2v) is 4.86. The summed E-state index contributed by atoms with van der Waals surface area (Å²) in [5, 5.41) is 12.7. The molecule has 0 amide bonds. The molecule has 0 radical (unpaired) electrons. The van der Waals surface area contributed by atoms with Gasteiger partial charge < -0.3 is 10.8 Å². The largest absolute Gasteiger partial charge is 0.398 e. The monoisotopic (exact) mass is 264 g/mol. The number of nitrogens with two attached hydrogens (primary N) is 1. The van der Waals surface area contributed by atoms with E-state index >= 15 is 0 Å². The molecule has 1 aromatic heterocycles. The fourth-order valence-electron chi connectivity index (χ4n) is 2.47. The normalized spacial score (nSPS) is 12.4. The van der Waals surface area contributed by atoms with E-state index < -0.39 is 6.10 Å². The van der Waals surface area contributed by atoms with Gasteiger partial charge in [-0.15, -0.1) is 0 Å². The van der Waals surface area contributed by atoms with Crippen molar-refractivity contribution in [3.63, 3.8) is 0 Å². The van der Waals surface area contributed by atoms with E-state index in [1.807, 2.05) is 42.5 Å². The molecular weight excluding hydrogens is 248 g/mol. The zero-order chi connectivity index (χ0) is 13.9. The molecular formula is C17H16N2O. The number of aliphatic hydroxyl groups is 1. The number of rotatable bonds is 3. The van der Waals surface area contributed by atoms with Crippen molar-refractivity contribution >= 4 is 16.5 Å². The van der Waals surface area contributed by atoms with Gasteiger partial charge in [0.25, 0.3) is 0 Å². The number of aliphatic hydroxyl groups excluding tert-OH is 1. The third kappa shape index (κ3) is 2.36. The van der Waals surface area contributed by atoms with Gasteiger partial charge in [0, 0.05) is 24.5 Å². The molecule has 1 unspecified atom stereocenters. The Morgan fingerprint density at radius 1 is 1.05 bits per heavy atom. The number of hydrogen-bond donors (Lipinski definition) is 2. The summed E-state index contributed by atoms with van der Waals surface area (Å²) in [7, 11) is 0. The van der Waals surface area contributed by atoms with Crippen LogP contribution in [-0.2, 0) is 6.42 Å². The molecule has 20 heavy (non-hydrogen) atoms. The van der Waals surface area contributed by atoms with Crippen LogP contribution in [0.25, 0.3) is 10.8 Å². The number of benzene rings is 2. The van der Waals surface area contributed by atoms with Gasteiger partial charge in [-0.05, 0) is 28.0 Å². The van der Waals surface area contributed by atoms with Crippen LogP contribution in [0.3, 0.4) is 0 Å². The average molecular weight is 264 g/mol. The Labute approximate surface area is 117 Å². The molecule has 2 aromatic carbocycles. The van der Waals surface area contributed by atoms with Crippen molar-refractivity contribution in [2.75, 3.05) is 5.73 Å². The van der Waals surface area contributed by atoms with E-state index in [1.54, 1.807) is 18.5 Å².